The number of hydrogen-bond acceptors (Lipinski definition) is 3. The van der Waals surface area contributed by atoms with E-state index in [2.05, 4.69) is 0 Å². The van der Waals surface area contributed by atoms with Crippen molar-refractivity contribution >= 4 is 5.97 Å². The minimum absolute atomic E-state index is 0.0580. The number of rotatable bonds is 0. The molecule has 0 aromatic heterocycles. The third kappa shape index (κ3) is 1.93. The lowest BCUT2D eigenvalue weighted by Gasteiger charge is -2.31. The first-order valence-electron chi connectivity index (χ1n) is 3.76. The molecule has 0 amide bonds. The molecule has 0 aliphatic carbocycles. The molecule has 0 aromatic rings. The van der Waals surface area contributed by atoms with E-state index in [1.54, 1.807) is 0 Å². The van der Waals surface area contributed by atoms with Crippen molar-refractivity contribution in [1.29, 1.82) is 0 Å². The van der Waals surface area contributed by atoms with Gasteiger partial charge >= 0.3 is 5.97 Å². The first kappa shape index (κ1) is 8.53. The standard InChI is InChI=1S/C8H14O3/c1-8(2,3)6-4-10-5-11-7(6)9/h6H,4-5H2,1-3H3. The van der Waals surface area contributed by atoms with Crippen LogP contribution in [0.3, 0.4) is 0 Å². The van der Waals surface area contributed by atoms with Crippen molar-refractivity contribution in [2.24, 2.45) is 11.3 Å². The molecule has 11 heavy (non-hydrogen) atoms. The number of carbonyl (C=O) groups is 1. The van der Waals surface area contributed by atoms with Crippen molar-refractivity contribution in [3.63, 3.8) is 0 Å². The van der Waals surface area contributed by atoms with Gasteiger partial charge in [-0.25, -0.2) is 0 Å². The van der Waals surface area contributed by atoms with E-state index in [4.69, 9.17) is 9.47 Å². The summed E-state index contributed by atoms with van der Waals surface area (Å²) in [5, 5.41) is 0. The van der Waals surface area contributed by atoms with Crippen LogP contribution in [0, 0.1) is 11.3 Å². The Morgan fingerprint density at radius 2 is 2.09 bits per heavy atom. The minimum Gasteiger partial charge on any atom is -0.438 e. The van der Waals surface area contributed by atoms with E-state index >= 15 is 0 Å². The highest BCUT2D eigenvalue weighted by Crippen LogP contribution is 2.28. The number of hydrogen-bond donors (Lipinski definition) is 0. The van der Waals surface area contributed by atoms with Gasteiger partial charge in [0.2, 0.25) is 0 Å². The monoisotopic (exact) mass is 158 g/mol. The molecule has 0 bridgehead atoms. The van der Waals surface area contributed by atoms with Gasteiger partial charge in [0.1, 0.15) is 0 Å². The lowest BCUT2D eigenvalue weighted by Crippen LogP contribution is -2.38. The zero-order chi connectivity index (χ0) is 8.48. The largest absolute Gasteiger partial charge is 0.438 e. The summed E-state index contributed by atoms with van der Waals surface area (Å²) in [4.78, 5) is 11.1. The third-order valence-electron chi connectivity index (χ3n) is 1.90. The quantitative estimate of drug-likeness (QED) is 0.496. The summed E-state index contributed by atoms with van der Waals surface area (Å²) in [5.74, 6) is -0.250. The molecular weight excluding hydrogens is 144 g/mol. The Labute approximate surface area is 66.7 Å². The van der Waals surface area contributed by atoms with Gasteiger partial charge in [-0.3, -0.25) is 4.79 Å². The van der Waals surface area contributed by atoms with Crippen molar-refractivity contribution in [2.75, 3.05) is 13.4 Å². The minimum atomic E-state index is -0.135. The Bertz CT molecular complexity index is 157. The van der Waals surface area contributed by atoms with Crippen molar-refractivity contribution < 1.29 is 14.3 Å². The normalized spacial score (nSPS) is 26.5. The van der Waals surface area contributed by atoms with Gasteiger partial charge in [0, 0.05) is 0 Å². The molecule has 0 radical (unpaired) electrons. The second-order valence-corrected chi connectivity index (χ2v) is 3.87. The third-order valence-corrected chi connectivity index (χ3v) is 1.90. The fourth-order valence-electron chi connectivity index (χ4n) is 1.04. The molecule has 0 N–H and O–H groups in total. The maximum atomic E-state index is 11.1. The SMILES string of the molecule is CC(C)(C)C1COCOC1=O. The molecule has 1 saturated heterocycles. The zero-order valence-corrected chi connectivity index (χ0v) is 7.22. The fourth-order valence-corrected chi connectivity index (χ4v) is 1.04. The molecule has 64 valence electrons. The lowest BCUT2D eigenvalue weighted by atomic mass is 9.81. The number of cyclic esters (lactones) is 1. The average molecular weight is 158 g/mol. The Kier molecular flexibility index (Phi) is 2.18. The topological polar surface area (TPSA) is 35.5 Å². The predicted octanol–water partition coefficient (Wildman–Crippen LogP) is 1.18. The highest BCUT2D eigenvalue weighted by molar-refractivity contribution is 5.73. The van der Waals surface area contributed by atoms with E-state index < -0.39 is 0 Å². The summed E-state index contributed by atoms with van der Waals surface area (Å²) in [5.41, 5.74) is -0.0580. The summed E-state index contributed by atoms with van der Waals surface area (Å²) in [6.07, 6.45) is 0. The molecule has 3 heteroatoms. The van der Waals surface area contributed by atoms with Crippen molar-refractivity contribution in [2.45, 2.75) is 20.8 Å². The van der Waals surface area contributed by atoms with Gasteiger partial charge in [-0.2, -0.15) is 0 Å². The van der Waals surface area contributed by atoms with Crippen LogP contribution in [0.15, 0.2) is 0 Å². The van der Waals surface area contributed by atoms with Gasteiger partial charge in [0.25, 0.3) is 0 Å². The van der Waals surface area contributed by atoms with Gasteiger partial charge in [-0.1, -0.05) is 20.8 Å². The molecule has 1 atom stereocenters. The Balaban J connectivity index is 2.62. The molecule has 1 heterocycles. The molecule has 1 fully saturated rings. The molecule has 1 aliphatic rings. The molecule has 1 unspecified atom stereocenters. The molecule has 0 saturated carbocycles. The maximum absolute atomic E-state index is 11.1. The molecular formula is C8H14O3. The second-order valence-electron chi connectivity index (χ2n) is 3.87. The Morgan fingerprint density at radius 3 is 2.45 bits per heavy atom. The van der Waals surface area contributed by atoms with Crippen LogP contribution in [0.1, 0.15) is 20.8 Å². The smallest absolute Gasteiger partial charge is 0.313 e. The van der Waals surface area contributed by atoms with Crippen LogP contribution in [0.25, 0.3) is 0 Å². The van der Waals surface area contributed by atoms with Gasteiger partial charge in [-0.15, -0.1) is 0 Å². The maximum Gasteiger partial charge on any atom is 0.313 e. The molecule has 0 aromatic carbocycles. The van der Waals surface area contributed by atoms with Crippen molar-refractivity contribution in [3.05, 3.63) is 0 Å². The fraction of sp³-hybridized carbons (Fsp3) is 0.875. The first-order chi connectivity index (χ1) is 5.02. The predicted molar refractivity (Wildman–Crippen MR) is 39.9 cm³/mol. The first-order valence-corrected chi connectivity index (χ1v) is 3.76. The zero-order valence-electron chi connectivity index (χ0n) is 7.22. The summed E-state index contributed by atoms with van der Waals surface area (Å²) in [7, 11) is 0. The summed E-state index contributed by atoms with van der Waals surface area (Å²) in [6, 6.07) is 0. The van der Waals surface area contributed by atoms with Gasteiger partial charge in [-0.05, 0) is 5.41 Å². The van der Waals surface area contributed by atoms with Crippen LogP contribution in [0.4, 0.5) is 0 Å². The van der Waals surface area contributed by atoms with Crippen LogP contribution >= 0.6 is 0 Å². The summed E-state index contributed by atoms with van der Waals surface area (Å²) in [6.45, 7) is 6.63. The second kappa shape index (κ2) is 2.81. The average Bonchev–Trinajstić information content (AvgIpc) is 1.86. The number of carbonyl (C=O) groups excluding carboxylic acids is 1. The molecule has 1 rings (SSSR count). The van der Waals surface area contributed by atoms with E-state index in [-0.39, 0.29) is 24.1 Å². The van der Waals surface area contributed by atoms with Crippen molar-refractivity contribution in [1.82, 2.24) is 0 Å². The van der Waals surface area contributed by atoms with E-state index in [1.807, 2.05) is 20.8 Å². The highest BCUT2D eigenvalue weighted by atomic mass is 16.7. The van der Waals surface area contributed by atoms with Crippen LogP contribution in [-0.2, 0) is 14.3 Å². The molecule has 0 spiro atoms. The van der Waals surface area contributed by atoms with Gasteiger partial charge in [0.15, 0.2) is 6.79 Å². The summed E-state index contributed by atoms with van der Waals surface area (Å²) < 4.78 is 9.79. The van der Waals surface area contributed by atoms with Gasteiger partial charge in [0.05, 0.1) is 12.5 Å². The highest BCUT2D eigenvalue weighted by Gasteiger charge is 2.35. The number of ether oxygens (including phenoxy) is 2. The van der Waals surface area contributed by atoms with Gasteiger partial charge < -0.3 is 9.47 Å². The van der Waals surface area contributed by atoms with Crippen LogP contribution in [0.2, 0.25) is 0 Å². The van der Waals surface area contributed by atoms with E-state index in [0.717, 1.165) is 0 Å². The van der Waals surface area contributed by atoms with E-state index in [1.165, 1.54) is 0 Å². The Morgan fingerprint density at radius 1 is 1.45 bits per heavy atom. The molecule has 3 nitrogen and oxygen atoms in total. The Hall–Kier alpha value is -0.570. The number of esters is 1. The van der Waals surface area contributed by atoms with Crippen LogP contribution in [0.5, 0.6) is 0 Å². The lowest BCUT2D eigenvalue weighted by molar-refractivity contribution is -0.186. The van der Waals surface area contributed by atoms with Crippen LogP contribution < -0.4 is 0 Å². The summed E-state index contributed by atoms with van der Waals surface area (Å²) >= 11 is 0. The molecule has 1 aliphatic heterocycles. The van der Waals surface area contributed by atoms with Crippen LogP contribution in [-0.4, -0.2) is 19.4 Å². The van der Waals surface area contributed by atoms with Crippen molar-refractivity contribution in [3.8, 4) is 0 Å². The van der Waals surface area contributed by atoms with E-state index in [0.29, 0.717) is 6.61 Å². The van der Waals surface area contributed by atoms with E-state index in [9.17, 15) is 4.79 Å².